The molecule has 1 aliphatic rings. The van der Waals surface area contributed by atoms with Crippen LogP contribution in [0.5, 0.6) is 0 Å². The minimum atomic E-state index is -4.20. The van der Waals surface area contributed by atoms with E-state index in [9.17, 15) is 22.8 Å². The number of fused-ring (bicyclic) bond motifs is 2. The van der Waals surface area contributed by atoms with Crippen molar-refractivity contribution in [3.8, 4) is 0 Å². The van der Waals surface area contributed by atoms with Gasteiger partial charge in [0, 0.05) is 37.7 Å². The molecule has 152 valence electrons. The van der Waals surface area contributed by atoms with E-state index in [0.29, 0.717) is 27.2 Å². The van der Waals surface area contributed by atoms with Gasteiger partial charge in [-0.25, -0.2) is 4.79 Å². The third-order valence-electron chi connectivity index (χ3n) is 5.03. The van der Waals surface area contributed by atoms with Gasteiger partial charge in [-0.1, -0.05) is 0 Å². The number of halogens is 1. The van der Waals surface area contributed by atoms with Crippen molar-refractivity contribution in [2.45, 2.75) is 18.2 Å². The minimum absolute atomic E-state index is 0.000759. The smallest absolute Gasteiger partial charge is 0.312 e. The van der Waals surface area contributed by atoms with E-state index in [1.54, 1.807) is 6.07 Å². The molecule has 3 aromatic rings. The molecule has 2 aromatic heterocycles. The van der Waals surface area contributed by atoms with Crippen molar-refractivity contribution in [2.24, 2.45) is 14.1 Å². The Morgan fingerprint density at radius 3 is 2.52 bits per heavy atom. The molecular weight excluding hydrogens is 466 g/mol. The van der Waals surface area contributed by atoms with Gasteiger partial charge in [0.25, 0.3) is 15.6 Å². The van der Waals surface area contributed by atoms with Crippen molar-refractivity contribution in [1.29, 1.82) is 0 Å². The number of aryl methyl sites for hydroxylation is 1. The summed E-state index contributed by atoms with van der Waals surface area (Å²) in [5, 5.41) is 3.99. The zero-order valence-corrected chi connectivity index (χ0v) is 18.1. The van der Waals surface area contributed by atoms with Crippen molar-refractivity contribution in [3.63, 3.8) is 0 Å². The molecule has 10 nitrogen and oxygen atoms in total. The Bertz CT molecular complexity index is 1430. The van der Waals surface area contributed by atoms with E-state index in [0.717, 1.165) is 20.9 Å². The molecule has 29 heavy (non-hydrogen) atoms. The normalized spacial score (nSPS) is 13.9. The molecule has 0 N–H and O–H groups in total. The Labute approximate surface area is 173 Å². The molecule has 0 radical (unpaired) electrons. The number of nitrogens with zero attached hydrogens (tertiary/aromatic N) is 5. The van der Waals surface area contributed by atoms with Gasteiger partial charge < -0.3 is 4.90 Å². The first-order valence-electron chi connectivity index (χ1n) is 8.55. The van der Waals surface area contributed by atoms with Gasteiger partial charge in [0.15, 0.2) is 5.65 Å². The second kappa shape index (κ2) is 6.39. The molecule has 0 saturated carbocycles. The molecule has 3 heterocycles. The Morgan fingerprint density at radius 1 is 1.17 bits per heavy atom. The molecule has 1 aromatic carbocycles. The predicted molar refractivity (Wildman–Crippen MR) is 109 cm³/mol. The number of benzene rings is 1. The quantitative estimate of drug-likeness (QED) is 0.520. The summed E-state index contributed by atoms with van der Waals surface area (Å²) in [6.45, 7) is 1.90. The molecule has 0 atom stereocenters. The summed E-state index contributed by atoms with van der Waals surface area (Å²) in [4.78, 5) is 37.7. The van der Waals surface area contributed by atoms with Crippen LogP contribution < -0.4 is 16.1 Å². The second-order valence-corrected chi connectivity index (χ2v) is 9.40. The lowest BCUT2D eigenvalue weighted by Crippen LogP contribution is -2.36. The van der Waals surface area contributed by atoms with Crippen LogP contribution in [0, 0.1) is 0 Å². The van der Waals surface area contributed by atoms with Gasteiger partial charge in [-0.05, 0) is 40.0 Å². The second-order valence-electron chi connectivity index (χ2n) is 6.78. The lowest BCUT2D eigenvalue weighted by Gasteiger charge is -2.16. The molecule has 0 aliphatic carbocycles. The van der Waals surface area contributed by atoms with E-state index in [4.69, 9.17) is 0 Å². The Kier molecular flexibility index (Phi) is 4.31. The number of amides is 1. The molecule has 12 heteroatoms. The number of rotatable bonds is 2. The van der Waals surface area contributed by atoms with E-state index in [1.165, 1.54) is 32.0 Å². The van der Waals surface area contributed by atoms with Crippen LogP contribution >= 0.6 is 15.9 Å². The van der Waals surface area contributed by atoms with Gasteiger partial charge in [0.1, 0.15) is 10.3 Å². The Balaban J connectivity index is 1.96. The molecule has 4 rings (SSSR count). The number of aromatic nitrogens is 4. The van der Waals surface area contributed by atoms with Gasteiger partial charge in [0.2, 0.25) is 5.91 Å². The van der Waals surface area contributed by atoms with Crippen molar-refractivity contribution in [2.75, 3.05) is 11.4 Å². The Hall–Kier alpha value is -2.73. The predicted octanol–water partition coefficient (Wildman–Crippen LogP) is 0.342. The van der Waals surface area contributed by atoms with Crippen LogP contribution in [-0.4, -0.2) is 39.2 Å². The lowest BCUT2D eigenvalue weighted by atomic mass is 10.2. The SMILES string of the molecule is CC(=O)N1CCc2cc(Br)c(S(=O)(=O)n3cc4c(=O)n(C)c(=O)n(C)c4n3)cc21. The highest BCUT2D eigenvalue weighted by Crippen LogP contribution is 2.36. The number of hydrogen-bond donors (Lipinski definition) is 0. The first kappa shape index (κ1) is 19.6. The van der Waals surface area contributed by atoms with Crippen LogP contribution in [0.15, 0.2) is 37.3 Å². The molecule has 1 aliphatic heterocycles. The fraction of sp³-hybridized carbons (Fsp3) is 0.294. The van der Waals surface area contributed by atoms with E-state index >= 15 is 0 Å². The van der Waals surface area contributed by atoms with Crippen molar-refractivity contribution in [3.05, 3.63) is 49.2 Å². The van der Waals surface area contributed by atoms with E-state index < -0.39 is 21.3 Å². The topological polar surface area (TPSA) is 116 Å². The molecule has 0 unspecified atom stereocenters. The van der Waals surface area contributed by atoms with Crippen LogP contribution in [0.25, 0.3) is 11.0 Å². The van der Waals surface area contributed by atoms with Gasteiger partial charge in [-0.2, -0.15) is 12.5 Å². The van der Waals surface area contributed by atoms with Crippen LogP contribution in [0.1, 0.15) is 12.5 Å². The van der Waals surface area contributed by atoms with Gasteiger partial charge in [-0.15, -0.1) is 5.10 Å². The van der Waals surface area contributed by atoms with Crippen LogP contribution in [-0.2, 0) is 35.3 Å². The highest BCUT2D eigenvalue weighted by Gasteiger charge is 2.29. The number of carbonyl (C=O) groups excluding carboxylic acids is 1. The van der Waals surface area contributed by atoms with E-state index in [1.807, 2.05) is 0 Å². The average molecular weight is 482 g/mol. The molecule has 0 fully saturated rings. The first-order chi connectivity index (χ1) is 13.5. The molecule has 0 saturated heterocycles. The average Bonchev–Trinajstić information content (AvgIpc) is 3.28. The first-order valence-corrected chi connectivity index (χ1v) is 10.8. The van der Waals surface area contributed by atoms with Gasteiger partial charge in [0.05, 0.1) is 6.20 Å². The van der Waals surface area contributed by atoms with Crippen LogP contribution in [0.2, 0.25) is 0 Å². The van der Waals surface area contributed by atoms with Gasteiger partial charge >= 0.3 is 5.69 Å². The minimum Gasteiger partial charge on any atom is -0.312 e. The molecule has 0 spiro atoms. The van der Waals surface area contributed by atoms with Crippen LogP contribution in [0.4, 0.5) is 5.69 Å². The standard InChI is InChI=1S/C17H16BrN5O5S/c1-9(24)22-5-4-10-6-12(18)14(7-13(10)22)29(27,28)23-8-11-15(19-23)20(2)17(26)21(3)16(11)25/h6-8H,4-5H2,1-3H3. The highest BCUT2D eigenvalue weighted by atomic mass is 79.9. The maximum atomic E-state index is 13.3. The highest BCUT2D eigenvalue weighted by molar-refractivity contribution is 9.10. The zero-order chi connectivity index (χ0) is 21.2. The maximum absolute atomic E-state index is 13.3. The summed E-state index contributed by atoms with van der Waals surface area (Å²) in [6.07, 6.45) is 1.71. The third kappa shape index (κ3) is 2.77. The monoisotopic (exact) mass is 481 g/mol. The fourth-order valence-corrected chi connectivity index (χ4v) is 5.66. The lowest BCUT2D eigenvalue weighted by molar-refractivity contribution is -0.116. The zero-order valence-electron chi connectivity index (χ0n) is 15.7. The fourth-order valence-electron chi connectivity index (χ4n) is 3.46. The van der Waals surface area contributed by atoms with Gasteiger partial charge in [-0.3, -0.25) is 18.7 Å². The molecule has 0 bridgehead atoms. The van der Waals surface area contributed by atoms with E-state index in [2.05, 4.69) is 21.0 Å². The van der Waals surface area contributed by atoms with Crippen molar-refractivity contribution < 1.29 is 13.2 Å². The summed E-state index contributed by atoms with van der Waals surface area (Å²) in [7, 11) is -1.49. The molecule has 1 amide bonds. The number of carbonyl (C=O) groups is 1. The number of hydrogen-bond acceptors (Lipinski definition) is 6. The van der Waals surface area contributed by atoms with E-state index in [-0.39, 0.29) is 21.8 Å². The number of anilines is 1. The molecular formula is C17H16BrN5O5S. The summed E-state index contributed by atoms with van der Waals surface area (Å²) in [5.74, 6) is -0.183. The summed E-state index contributed by atoms with van der Waals surface area (Å²) < 4.78 is 29.5. The summed E-state index contributed by atoms with van der Waals surface area (Å²) >= 11 is 3.29. The van der Waals surface area contributed by atoms with Crippen molar-refractivity contribution >= 4 is 48.6 Å². The summed E-state index contributed by atoms with van der Waals surface area (Å²) in [5.41, 5.74) is 0.0952. The largest absolute Gasteiger partial charge is 0.332 e. The van der Waals surface area contributed by atoms with Crippen molar-refractivity contribution in [1.82, 2.24) is 18.3 Å². The van der Waals surface area contributed by atoms with Crippen LogP contribution in [0.3, 0.4) is 0 Å². The third-order valence-corrected chi connectivity index (χ3v) is 7.53. The maximum Gasteiger partial charge on any atom is 0.332 e. The Morgan fingerprint density at radius 2 is 1.86 bits per heavy atom. The summed E-state index contributed by atoms with van der Waals surface area (Å²) in [6, 6.07) is 3.09.